The number of aromatic nitrogens is 1. The lowest BCUT2D eigenvalue weighted by atomic mass is 10.1. The van der Waals surface area contributed by atoms with E-state index in [0.717, 1.165) is 26.2 Å². The van der Waals surface area contributed by atoms with Crippen molar-refractivity contribution in [3.05, 3.63) is 88.4 Å². The molecule has 2 heterocycles. The Morgan fingerprint density at radius 3 is 2.47 bits per heavy atom. The van der Waals surface area contributed by atoms with Crippen LogP contribution in [0.4, 0.5) is 10.8 Å². The van der Waals surface area contributed by atoms with Crippen LogP contribution in [0.15, 0.2) is 66.7 Å². The number of amides is 3. The molecule has 3 aromatic carbocycles. The molecule has 0 unspecified atom stereocenters. The number of nitrogens with zero attached hydrogens (tertiary/aromatic N) is 3. The molecule has 1 aliphatic heterocycles. The van der Waals surface area contributed by atoms with Gasteiger partial charge in [0.05, 0.1) is 27.5 Å². The fourth-order valence-electron chi connectivity index (χ4n) is 4.00. The van der Waals surface area contributed by atoms with E-state index in [4.69, 9.17) is 16.6 Å². The zero-order valence-corrected chi connectivity index (χ0v) is 19.9. The van der Waals surface area contributed by atoms with E-state index in [1.165, 1.54) is 11.3 Å². The van der Waals surface area contributed by atoms with Gasteiger partial charge in [-0.05, 0) is 42.3 Å². The van der Waals surface area contributed by atoms with Gasteiger partial charge in [0.1, 0.15) is 0 Å². The third kappa shape index (κ3) is 4.08. The molecule has 0 atom stereocenters. The topological polar surface area (TPSA) is 70.6 Å². The van der Waals surface area contributed by atoms with Gasteiger partial charge in [0.25, 0.3) is 5.91 Å². The molecule has 1 fully saturated rings. The van der Waals surface area contributed by atoms with Crippen molar-refractivity contribution < 1.29 is 14.4 Å². The number of hydrogen-bond donors (Lipinski definition) is 0. The Hall–Kier alpha value is -3.55. The Morgan fingerprint density at radius 2 is 1.76 bits per heavy atom. The largest absolute Gasteiger partial charge is 0.279 e. The van der Waals surface area contributed by atoms with E-state index < -0.39 is 0 Å². The van der Waals surface area contributed by atoms with Crippen LogP contribution in [0.2, 0.25) is 5.02 Å². The van der Waals surface area contributed by atoms with Crippen LogP contribution in [0.25, 0.3) is 10.2 Å². The second-order valence-corrected chi connectivity index (χ2v) is 9.47. The third-order valence-corrected chi connectivity index (χ3v) is 7.29. The van der Waals surface area contributed by atoms with Gasteiger partial charge in [0.15, 0.2) is 5.13 Å². The molecule has 0 spiro atoms. The first kappa shape index (κ1) is 22.3. The van der Waals surface area contributed by atoms with Gasteiger partial charge >= 0.3 is 0 Å². The molecule has 34 heavy (non-hydrogen) atoms. The number of thiazole rings is 1. The van der Waals surface area contributed by atoms with Crippen LogP contribution in [0.1, 0.15) is 34.3 Å². The van der Waals surface area contributed by atoms with Gasteiger partial charge in [-0.2, -0.15) is 0 Å². The summed E-state index contributed by atoms with van der Waals surface area (Å²) in [6.45, 7) is 2.26. The van der Waals surface area contributed by atoms with Gasteiger partial charge in [-0.15, -0.1) is 0 Å². The number of aryl methyl sites for hydroxylation is 1. The van der Waals surface area contributed by atoms with Gasteiger partial charge < -0.3 is 0 Å². The zero-order valence-electron chi connectivity index (χ0n) is 18.3. The highest BCUT2D eigenvalue weighted by Crippen LogP contribution is 2.37. The predicted molar refractivity (Wildman–Crippen MR) is 134 cm³/mol. The summed E-state index contributed by atoms with van der Waals surface area (Å²) in [7, 11) is 0. The van der Waals surface area contributed by atoms with Crippen molar-refractivity contribution >= 4 is 61.7 Å². The quantitative estimate of drug-likeness (QED) is 0.334. The maximum absolute atomic E-state index is 13.8. The van der Waals surface area contributed by atoms with E-state index >= 15 is 0 Å². The molecule has 0 radical (unpaired) electrons. The highest BCUT2D eigenvalue weighted by atomic mass is 35.5. The van der Waals surface area contributed by atoms with Gasteiger partial charge in [-0.1, -0.05) is 65.4 Å². The lowest BCUT2D eigenvalue weighted by molar-refractivity contribution is -0.121. The summed E-state index contributed by atoms with van der Waals surface area (Å²) in [6, 6.07) is 20.0. The van der Waals surface area contributed by atoms with Crippen molar-refractivity contribution in [2.24, 2.45) is 0 Å². The molecule has 0 aliphatic carbocycles. The maximum Gasteiger partial charge on any atom is 0.260 e. The van der Waals surface area contributed by atoms with Crippen molar-refractivity contribution in [1.29, 1.82) is 0 Å². The second kappa shape index (κ2) is 9.00. The van der Waals surface area contributed by atoms with E-state index in [2.05, 4.69) is 0 Å². The number of anilines is 2. The summed E-state index contributed by atoms with van der Waals surface area (Å²) in [4.78, 5) is 45.8. The Balaban J connectivity index is 1.57. The molecule has 8 heteroatoms. The van der Waals surface area contributed by atoms with Crippen LogP contribution in [-0.2, 0) is 16.1 Å². The highest BCUT2D eigenvalue weighted by molar-refractivity contribution is 7.23. The Bertz CT molecular complexity index is 1380. The van der Waals surface area contributed by atoms with E-state index in [-0.39, 0.29) is 30.6 Å². The SMILES string of the molecule is Cc1ccc(Cl)c2sc(N(Cc3ccccc3)C(=O)c3cccc(N4C(=O)CCC4=O)c3)nc12. The van der Waals surface area contributed by atoms with E-state index in [0.29, 0.717) is 27.9 Å². The molecule has 5 rings (SSSR count). The van der Waals surface area contributed by atoms with Gasteiger partial charge in [0.2, 0.25) is 11.8 Å². The lowest BCUT2D eigenvalue weighted by Gasteiger charge is -2.21. The van der Waals surface area contributed by atoms with Crippen molar-refractivity contribution in [1.82, 2.24) is 4.98 Å². The van der Waals surface area contributed by atoms with Crippen LogP contribution in [0.3, 0.4) is 0 Å². The minimum Gasteiger partial charge on any atom is -0.279 e. The Morgan fingerprint density at radius 1 is 1.03 bits per heavy atom. The van der Waals surface area contributed by atoms with Crippen LogP contribution in [0.5, 0.6) is 0 Å². The van der Waals surface area contributed by atoms with E-state index in [9.17, 15) is 14.4 Å². The number of carbonyl (C=O) groups excluding carboxylic acids is 3. The first-order valence-electron chi connectivity index (χ1n) is 10.8. The van der Waals surface area contributed by atoms with Crippen LogP contribution in [-0.4, -0.2) is 22.7 Å². The minimum atomic E-state index is -0.280. The lowest BCUT2D eigenvalue weighted by Crippen LogP contribution is -2.31. The highest BCUT2D eigenvalue weighted by Gasteiger charge is 2.31. The van der Waals surface area contributed by atoms with Gasteiger partial charge in [0, 0.05) is 18.4 Å². The predicted octanol–water partition coefficient (Wildman–Crippen LogP) is 5.76. The number of fused-ring (bicyclic) bond motifs is 1. The molecule has 4 aromatic rings. The average Bonchev–Trinajstić information content (AvgIpc) is 3.44. The number of rotatable bonds is 5. The average molecular weight is 490 g/mol. The Labute approximate surface area is 205 Å². The monoisotopic (exact) mass is 489 g/mol. The summed E-state index contributed by atoms with van der Waals surface area (Å²) in [5.41, 5.74) is 3.45. The van der Waals surface area contributed by atoms with Gasteiger partial charge in [-0.25, -0.2) is 4.98 Å². The normalized spacial score (nSPS) is 13.6. The van der Waals surface area contributed by atoms with Crippen molar-refractivity contribution in [2.75, 3.05) is 9.80 Å². The number of carbonyl (C=O) groups is 3. The van der Waals surface area contributed by atoms with Crippen molar-refractivity contribution in [2.45, 2.75) is 26.3 Å². The third-order valence-electron chi connectivity index (χ3n) is 5.75. The molecule has 6 nitrogen and oxygen atoms in total. The number of imide groups is 1. The summed E-state index contributed by atoms with van der Waals surface area (Å²) in [5.74, 6) is -0.795. The summed E-state index contributed by atoms with van der Waals surface area (Å²) < 4.78 is 0.824. The zero-order chi connectivity index (χ0) is 23.8. The summed E-state index contributed by atoms with van der Waals surface area (Å²) in [6.07, 6.45) is 0.367. The van der Waals surface area contributed by atoms with Crippen LogP contribution in [0, 0.1) is 6.92 Å². The maximum atomic E-state index is 13.8. The number of benzene rings is 3. The molecular formula is C26H20ClN3O3S. The standard InChI is InChI=1S/C26H20ClN3O3S/c1-16-10-11-20(27)24-23(16)28-26(34-24)29(15-17-6-3-2-4-7-17)25(33)18-8-5-9-19(14-18)30-21(31)12-13-22(30)32/h2-11,14H,12-13,15H2,1H3. The molecule has 0 N–H and O–H groups in total. The van der Waals surface area contributed by atoms with Gasteiger partial charge in [-0.3, -0.25) is 24.2 Å². The number of halogens is 1. The second-order valence-electron chi connectivity index (χ2n) is 8.09. The molecular weight excluding hydrogens is 470 g/mol. The fourth-order valence-corrected chi connectivity index (χ4v) is 5.31. The molecule has 1 aromatic heterocycles. The van der Waals surface area contributed by atoms with E-state index in [1.807, 2.05) is 49.4 Å². The minimum absolute atomic E-state index is 0.183. The molecule has 0 bridgehead atoms. The van der Waals surface area contributed by atoms with Crippen LogP contribution < -0.4 is 9.80 Å². The first-order valence-corrected chi connectivity index (χ1v) is 12.0. The molecule has 1 aliphatic rings. The summed E-state index contributed by atoms with van der Waals surface area (Å²) in [5, 5.41) is 1.11. The van der Waals surface area contributed by atoms with E-state index in [1.54, 1.807) is 29.2 Å². The number of hydrogen-bond acceptors (Lipinski definition) is 5. The smallest absolute Gasteiger partial charge is 0.260 e. The summed E-state index contributed by atoms with van der Waals surface area (Å²) >= 11 is 7.78. The molecule has 170 valence electrons. The van der Waals surface area contributed by atoms with Crippen molar-refractivity contribution in [3.63, 3.8) is 0 Å². The van der Waals surface area contributed by atoms with Crippen LogP contribution >= 0.6 is 22.9 Å². The first-order chi connectivity index (χ1) is 16.4. The van der Waals surface area contributed by atoms with Crippen molar-refractivity contribution in [3.8, 4) is 0 Å². The Kier molecular flexibility index (Phi) is 5.89. The molecule has 3 amide bonds. The molecule has 0 saturated carbocycles. The molecule has 1 saturated heterocycles. The fraction of sp³-hybridized carbons (Fsp3) is 0.154.